The van der Waals surface area contributed by atoms with Crippen LogP contribution in [0.4, 0.5) is 0 Å². The van der Waals surface area contributed by atoms with Gasteiger partial charge in [-0.1, -0.05) is 266 Å². The van der Waals surface area contributed by atoms with Gasteiger partial charge in [0.25, 0.3) is 0 Å². The van der Waals surface area contributed by atoms with Gasteiger partial charge in [0.2, 0.25) is 0 Å². The van der Waals surface area contributed by atoms with Gasteiger partial charge < -0.3 is 14.2 Å². The van der Waals surface area contributed by atoms with Gasteiger partial charge in [-0.3, -0.25) is 14.4 Å². The molecule has 0 N–H and O–H groups in total. The predicted octanol–water partition coefficient (Wildman–Crippen LogP) is 19.9. The summed E-state index contributed by atoms with van der Waals surface area (Å²) >= 11 is 0. The molecule has 6 nitrogen and oxygen atoms in total. The van der Waals surface area contributed by atoms with E-state index in [0.717, 1.165) is 77.0 Å². The molecule has 0 saturated carbocycles. The first-order valence-electron chi connectivity index (χ1n) is 29.6. The molecule has 402 valence electrons. The maximum Gasteiger partial charge on any atom is 0.306 e. The summed E-state index contributed by atoms with van der Waals surface area (Å²) in [6.07, 6.45) is 75.9. The summed E-state index contributed by atoms with van der Waals surface area (Å²) in [5.41, 5.74) is 0. The molecule has 0 heterocycles. The van der Waals surface area contributed by atoms with Gasteiger partial charge in [-0.05, 0) is 83.5 Å². The van der Waals surface area contributed by atoms with E-state index in [2.05, 4.69) is 99.8 Å². The SMILES string of the molecule is CC/C=C\C/C=C\C/C=C\C/C=C\C/C=C\C/C=C\CCC(=O)OC[C@@H](COC(=O)CCCCCCCCCCCCCCCC)OC(=O)CCCCCCCCC/C=C\CCCCCCCCCC. The quantitative estimate of drug-likeness (QED) is 0.0261. The Balaban J connectivity index is 4.47. The summed E-state index contributed by atoms with van der Waals surface area (Å²) in [4.78, 5) is 38.2. The number of esters is 3. The van der Waals surface area contributed by atoms with Crippen LogP contribution in [-0.2, 0) is 28.6 Å². The summed E-state index contributed by atoms with van der Waals surface area (Å²) in [5, 5.41) is 0. The summed E-state index contributed by atoms with van der Waals surface area (Å²) < 4.78 is 16.8. The van der Waals surface area contributed by atoms with Crippen molar-refractivity contribution in [3.63, 3.8) is 0 Å². The molecule has 0 radical (unpaired) electrons. The van der Waals surface area contributed by atoms with Gasteiger partial charge >= 0.3 is 17.9 Å². The zero-order valence-corrected chi connectivity index (χ0v) is 46.0. The molecule has 1 atom stereocenters. The smallest absolute Gasteiger partial charge is 0.306 e. The van der Waals surface area contributed by atoms with E-state index in [1.807, 2.05) is 6.08 Å². The lowest BCUT2D eigenvalue weighted by Gasteiger charge is -2.18. The first-order chi connectivity index (χ1) is 34.5. The fourth-order valence-electron chi connectivity index (χ4n) is 8.23. The normalized spacial score (nSPS) is 12.7. The molecule has 0 aromatic carbocycles. The molecular formula is C64H110O6. The molecule has 0 amide bonds. The number of unbranched alkanes of at least 4 members (excludes halogenated alkanes) is 28. The number of carbonyl (C=O) groups excluding carboxylic acids is 3. The Hall–Kier alpha value is -3.41. The van der Waals surface area contributed by atoms with Crippen LogP contribution >= 0.6 is 0 Å². The highest BCUT2D eigenvalue weighted by Gasteiger charge is 2.19. The summed E-state index contributed by atoms with van der Waals surface area (Å²) in [7, 11) is 0. The van der Waals surface area contributed by atoms with E-state index < -0.39 is 6.10 Å². The topological polar surface area (TPSA) is 78.9 Å². The van der Waals surface area contributed by atoms with Gasteiger partial charge in [0.05, 0.1) is 0 Å². The van der Waals surface area contributed by atoms with Gasteiger partial charge in [0, 0.05) is 19.3 Å². The molecule has 0 fully saturated rings. The van der Waals surface area contributed by atoms with Gasteiger partial charge in [0.1, 0.15) is 13.2 Å². The molecule has 0 bridgehead atoms. The highest BCUT2D eigenvalue weighted by Crippen LogP contribution is 2.16. The average Bonchev–Trinajstić information content (AvgIpc) is 3.36. The third kappa shape index (κ3) is 55.5. The van der Waals surface area contributed by atoms with Crippen LogP contribution in [0.3, 0.4) is 0 Å². The molecule has 0 aliphatic heterocycles. The second kappa shape index (κ2) is 58.2. The van der Waals surface area contributed by atoms with Gasteiger partial charge in [-0.25, -0.2) is 0 Å². The molecular weight excluding hydrogens is 865 g/mol. The number of allylic oxidation sites excluding steroid dienone is 14. The van der Waals surface area contributed by atoms with Crippen LogP contribution in [0.1, 0.15) is 284 Å². The third-order valence-corrected chi connectivity index (χ3v) is 12.6. The summed E-state index contributed by atoms with van der Waals surface area (Å²) in [5.74, 6) is -0.983. The van der Waals surface area contributed by atoms with Crippen LogP contribution < -0.4 is 0 Å². The van der Waals surface area contributed by atoms with Crippen LogP contribution in [-0.4, -0.2) is 37.2 Å². The molecule has 0 spiro atoms. The molecule has 0 unspecified atom stereocenters. The second-order valence-corrected chi connectivity index (χ2v) is 19.5. The van der Waals surface area contributed by atoms with Crippen LogP contribution in [0.25, 0.3) is 0 Å². The molecule has 0 saturated heterocycles. The van der Waals surface area contributed by atoms with Crippen LogP contribution in [0.2, 0.25) is 0 Å². The molecule has 0 aliphatic rings. The number of carbonyl (C=O) groups is 3. The molecule has 6 heteroatoms. The maximum absolute atomic E-state index is 12.9. The average molecular weight is 976 g/mol. The van der Waals surface area contributed by atoms with E-state index in [4.69, 9.17) is 14.2 Å². The van der Waals surface area contributed by atoms with Crippen LogP contribution in [0.5, 0.6) is 0 Å². The van der Waals surface area contributed by atoms with Crippen molar-refractivity contribution in [2.75, 3.05) is 13.2 Å². The van der Waals surface area contributed by atoms with Crippen molar-refractivity contribution in [2.45, 2.75) is 290 Å². The molecule has 70 heavy (non-hydrogen) atoms. The largest absolute Gasteiger partial charge is 0.462 e. The van der Waals surface area contributed by atoms with Crippen molar-refractivity contribution < 1.29 is 28.6 Å². The fourth-order valence-corrected chi connectivity index (χ4v) is 8.23. The van der Waals surface area contributed by atoms with Crippen molar-refractivity contribution in [3.05, 3.63) is 85.1 Å². The fraction of sp³-hybridized carbons (Fsp3) is 0.734. The zero-order chi connectivity index (χ0) is 50.7. The van der Waals surface area contributed by atoms with E-state index >= 15 is 0 Å². The van der Waals surface area contributed by atoms with Gasteiger partial charge in [-0.2, -0.15) is 0 Å². The molecule has 0 aliphatic carbocycles. The van der Waals surface area contributed by atoms with E-state index in [1.165, 1.54) is 161 Å². The standard InChI is InChI=1S/C64H110O6/c1-4-7-10-13-16-19-22-25-28-30-32-34-36-39-42-45-48-51-54-57-63(66)69-60-61(59-68-62(65)56-53-50-47-44-41-38-27-24-21-18-15-12-9-6-3)70-64(67)58-55-52-49-46-43-40-37-35-33-31-29-26-23-20-17-14-11-8-5-2/h7,10,16,19,25,28,31-34,39,42,48,51,61H,4-6,8-9,11-15,17-18,20-24,26-27,29-30,35-38,40-41,43-47,49-50,52-60H2,1-3H3/b10-7-,19-16-,28-25-,33-31-,34-32-,42-39-,51-48-/t61-/m1/s1. The summed E-state index contributed by atoms with van der Waals surface area (Å²) in [6, 6.07) is 0. The number of ether oxygens (including phenoxy) is 3. The Morgan fingerprint density at radius 3 is 0.957 bits per heavy atom. The Kier molecular flexibility index (Phi) is 55.3. The van der Waals surface area contributed by atoms with Gasteiger partial charge in [0.15, 0.2) is 6.10 Å². The minimum absolute atomic E-state index is 0.0992. The van der Waals surface area contributed by atoms with Crippen molar-refractivity contribution in [3.8, 4) is 0 Å². The lowest BCUT2D eigenvalue weighted by molar-refractivity contribution is -0.166. The third-order valence-electron chi connectivity index (χ3n) is 12.6. The summed E-state index contributed by atoms with van der Waals surface area (Å²) in [6.45, 7) is 6.48. The van der Waals surface area contributed by atoms with Crippen molar-refractivity contribution in [1.29, 1.82) is 0 Å². The van der Waals surface area contributed by atoms with Gasteiger partial charge in [-0.15, -0.1) is 0 Å². The minimum Gasteiger partial charge on any atom is -0.462 e. The van der Waals surface area contributed by atoms with E-state index in [9.17, 15) is 14.4 Å². The Morgan fingerprint density at radius 1 is 0.300 bits per heavy atom. The zero-order valence-electron chi connectivity index (χ0n) is 46.0. The minimum atomic E-state index is -0.808. The maximum atomic E-state index is 12.9. The Morgan fingerprint density at radius 2 is 0.586 bits per heavy atom. The van der Waals surface area contributed by atoms with E-state index in [1.54, 1.807) is 0 Å². The highest BCUT2D eigenvalue weighted by atomic mass is 16.6. The van der Waals surface area contributed by atoms with Crippen molar-refractivity contribution in [1.82, 2.24) is 0 Å². The first-order valence-corrected chi connectivity index (χ1v) is 29.6. The second-order valence-electron chi connectivity index (χ2n) is 19.5. The van der Waals surface area contributed by atoms with Crippen molar-refractivity contribution in [2.24, 2.45) is 0 Å². The number of hydrogen-bond acceptors (Lipinski definition) is 6. The first kappa shape index (κ1) is 66.6. The Labute approximate surface area is 433 Å². The molecule has 0 rings (SSSR count). The molecule has 0 aromatic heterocycles. The van der Waals surface area contributed by atoms with E-state index in [0.29, 0.717) is 19.3 Å². The monoisotopic (exact) mass is 975 g/mol. The number of hydrogen-bond donors (Lipinski definition) is 0. The van der Waals surface area contributed by atoms with Crippen molar-refractivity contribution >= 4 is 17.9 Å². The van der Waals surface area contributed by atoms with Crippen LogP contribution in [0.15, 0.2) is 85.1 Å². The van der Waals surface area contributed by atoms with Crippen LogP contribution in [0, 0.1) is 0 Å². The van der Waals surface area contributed by atoms with E-state index in [-0.39, 0.29) is 37.5 Å². The predicted molar refractivity (Wildman–Crippen MR) is 302 cm³/mol. The lowest BCUT2D eigenvalue weighted by Crippen LogP contribution is -2.30. The molecule has 0 aromatic rings. The number of rotatable bonds is 53. The highest BCUT2D eigenvalue weighted by molar-refractivity contribution is 5.71. The lowest BCUT2D eigenvalue weighted by atomic mass is 10.0. The Bertz CT molecular complexity index is 1350.